The number of ether oxygens (including phenoxy) is 1. The van der Waals surface area contributed by atoms with Gasteiger partial charge < -0.3 is 15.0 Å². The minimum Gasteiger partial charge on any atom is -0.381 e. The molecule has 2 fully saturated rings. The lowest BCUT2D eigenvalue weighted by molar-refractivity contribution is -0.143. The Morgan fingerprint density at radius 3 is 2.86 bits per heavy atom. The van der Waals surface area contributed by atoms with Crippen LogP contribution in [-0.2, 0) is 22.5 Å². The summed E-state index contributed by atoms with van der Waals surface area (Å²) in [6, 6.07) is 5.59. The molecule has 2 aromatic heterocycles. The van der Waals surface area contributed by atoms with Gasteiger partial charge in [-0.2, -0.15) is 5.26 Å². The average molecular weight is 490 g/mol. The van der Waals surface area contributed by atoms with Crippen LogP contribution in [0.5, 0.6) is 0 Å². The Kier molecular flexibility index (Phi) is 6.77. The van der Waals surface area contributed by atoms with E-state index >= 15 is 0 Å². The van der Waals surface area contributed by atoms with Crippen LogP contribution < -0.4 is 15.5 Å². The summed E-state index contributed by atoms with van der Waals surface area (Å²) in [7, 11) is 0. The van der Waals surface area contributed by atoms with Gasteiger partial charge in [-0.25, -0.2) is 14.8 Å². The Morgan fingerprint density at radius 2 is 2.14 bits per heavy atom. The number of amides is 3. The molecule has 0 atom stereocenters. The number of anilines is 3. The number of pyridine rings is 2. The number of urea groups is 1. The second kappa shape index (κ2) is 10.3. The number of aromatic nitrogens is 2. The lowest BCUT2D eigenvalue weighted by Gasteiger charge is -2.31. The third-order valence-electron chi connectivity index (χ3n) is 6.80. The zero-order valence-corrected chi connectivity index (χ0v) is 19.8. The van der Waals surface area contributed by atoms with Crippen molar-refractivity contribution < 1.29 is 19.1 Å². The van der Waals surface area contributed by atoms with Crippen molar-refractivity contribution in [3.63, 3.8) is 0 Å². The van der Waals surface area contributed by atoms with Crippen molar-refractivity contribution in [2.75, 3.05) is 41.8 Å². The van der Waals surface area contributed by atoms with Gasteiger partial charge >= 0.3 is 6.03 Å². The van der Waals surface area contributed by atoms with Gasteiger partial charge in [0.25, 0.3) is 0 Å². The van der Waals surface area contributed by atoms with Gasteiger partial charge in [0.1, 0.15) is 30.0 Å². The number of nitrogens with one attached hydrogen (secondary N) is 2. The molecule has 0 bridgehead atoms. The van der Waals surface area contributed by atoms with E-state index in [1.54, 1.807) is 11.0 Å². The Hall–Kier alpha value is -4.04. The van der Waals surface area contributed by atoms with Crippen LogP contribution in [0.4, 0.5) is 22.1 Å². The topological polar surface area (TPSA) is 141 Å². The summed E-state index contributed by atoms with van der Waals surface area (Å²) in [4.78, 5) is 49.1. The minimum atomic E-state index is -0.414. The summed E-state index contributed by atoms with van der Waals surface area (Å²) in [6.07, 6.45) is 6.79. The first-order valence-corrected chi connectivity index (χ1v) is 12.1. The second-order valence-electron chi connectivity index (χ2n) is 9.19. The summed E-state index contributed by atoms with van der Waals surface area (Å²) in [6.45, 7) is 1.65. The molecule has 5 rings (SSSR count). The maximum Gasteiger partial charge on any atom is 0.328 e. The highest BCUT2D eigenvalue weighted by molar-refractivity contribution is 6.02. The molecule has 1 aliphatic carbocycles. The van der Waals surface area contributed by atoms with E-state index in [4.69, 9.17) is 4.74 Å². The van der Waals surface area contributed by atoms with Crippen molar-refractivity contribution in [3.8, 4) is 6.07 Å². The Labute approximate surface area is 208 Å². The van der Waals surface area contributed by atoms with Crippen molar-refractivity contribution in [3.05, 3.63) is 40.7 Å². The molecule has 4 heterocycles. The van der Waals surface area contributed by atoms with Crippen molar-refractivity contribution >= 4 is 35.5 Å². The fraction of sp³-hybridized carbons (Fsp3) is 0.440. The predicted octanol–water partition coefficient (Wildman–Crippen LogP) is 2.47. The number of aldehydes is 1. The van der Waals surface area contributed by atoms with Crippen molar-refractivity contribution in [2.24, 2.45) is 0 Å². The largest absolute Gasteiger partial charge is 0.381 e. The lowest BCUT2D eigenvalue weighted by Crippen LogP contribution is -2.42. The van der Waals surface area contributed by atoms with E-state index in [0.717, 1.165) is 31.2 Å². The summed E-state index contributed by atoms with van der Waals surface area (Å²) >= 11 is 0. The number of hydrogen-bond donors (Lipinski definition) is 2. The molecule has 3 amide bonds. The van der Waals surface area contributed by atoms with Gasteiger partial charge in [-0.05, 0) is 43.7 Å². The molecule has 2 aromatic rings. The molecule has 36 heavy (non-hydrogen) atoms. The number of hydrogen-bond acceptors (Lipinski definition) is 8. The van der Waals surface area contributed by atoms with E-state index in [-0.39, 0.29) is 24.8 Å². The SMILES string of the molecule is N#Cc1cnc(NC(=O)N2CCCc3cc(CN4CCOCC4=O)c(C=O)nc32)cc1NC1CCC1. The van der Waals surface area contributed by atoms with Gasteiger partial charge in [-0.3, -0.25) is 19.8 Å². The van der Waals surface area contributed by atoms with E-state index < -0.39 is 6.03 Å². The van der Waals surface area contributed by atoms with Gasteiger partial charge in [-0.1, -0.05) is 0 Å². The van der Waals surface area contributed by atoms with Crippen molar-refractivity contribution in [2.45, 2.75) is 44.7 Å². The van der Waals surface area contributed by atoms with Gasteiger partial charge in [0.05, 0.1) is 17.9 Å². The van der Waals surface area contributed by atoms with E-state index in [2.05, 4.69) is 26.7 Å². The summed E-state index contributed by atoms with van der Waals surface area (Å²) in [5, 5.41) is 15.6. The standard InChI is InChI=1S/C25H27N7O4/c26-11-18-12-27-22(10-20(18)28-19-4-1-5-19)30-25(35)32-6-2-3-16-9-17(21(14-33)29-24(16)32)13-31-7-8-36-15-23(31)34/h9-10,12,14,19H,1-8,13,15H2,(H2,27,28,30,35). The molecule has 1 saturated heterocycles. The average Bonchev–Trinajstić information content (AvgIpc) is 2.87. The Balaban J connectivity index is 1.36. The summed E-state index contributed by atoms with van der Waals surface area (Å²) in [5.41, 5.74) is 2.78. The van der Waals surface area contributed by atoms with Crippen molar-refractivity contribution in [1.82, 2.24) is 14.9 Å². The molecule has 0 unspecified atom stereocenters. The van der Waals surface area contributed by atoms with Gasteiger partial charge in [0.15, 0.2) is 6.29 Å². The van der Waals surface area contributed by atoms with Crippen LogP contribution in [0.1, 0.15) is 52.9 Å². The lowest BCUT2D eigenvalue weighted by atomic mass is 9.93. The molecule has 0 radical (unpaired) electrons. The number of rotatable bonds is 6. The number of fused-ring (bicyclic) bond motifs is 1. The Morgan fingerprint density at radius 1 is 1.28 bits per heavy atom. The zero-order valence-electron chi connectivity index (χ0n) is 19.8. The van der Waals surface area contributed by atoms with E-state index in [1.807, 2.05) is 6.07 Å². The van der Waals surface area contributed by atoms with Gasteiger partial charge in [0.2, 0.25) is 5.91 Å². The van der Waals surface area contributed by atoms with Crippen LogP contribution in [0.3, 0.4) is 0 Å². The zero-order chi connectivity index (χ0) is 25.1. The van der Waals surface area contributed by atoms with Crippen LogP contribution in [0.15, 0.2) is 18.3 Å². The number of morpholine rings is 1. The molecule has 1 saturated carbocycles. The Bertz CT molecular complexity index is 1240. The first kappa shape index (κ1) is 23.7. The highest BCUT2D eigenvalue weighted by Crippen LogP contribution is 2.30. The van der Waals surface area contributed by atoms with Crippen LogP contribution >= 0.6 is 0 Å². The molecule has 0 spiro atoms. The molecular weight excluding hydrogens is 462 g/mol. The molecule has 186 valence electrons. The first-order valence-electron chi connectivity index (χ1n) is 12.1. The van der Waals surface area contributed by atoms with Crippen molar-refractivity contribution in [1.29, 1.82) is 5.26 Å². The van der Waals surface area contributed by atoms with Gasteiger partial charge in [-0.15, -0.1) is 0 Å². The van der Waals surface area contributed by atoms with E-state index in [9.17, 15) is 19.6 Å². The highest BCUT2D eigenvalue weighted by Gasteiger charge is 2.28. The highest BCUT2D eigenvalue weighted by atomic mass is 16.5. The molecule has 2 N–H and O–H groups in total. The quantitative estimate of drug-likeness (QED) is 0.590. The van der Waals surface area contributed by atoms with E-state index in [0.29, 0.717) is 66.9 Å². The molecule has 3 aliphatic rings. The molecule has 2 aliphatic heterocycles. The third kappa shape index (κ3) is 4.85. The third-order valence-corrected chi connectivity index (χ3v) is 6.80. The normalized spacial score (nSPS) is 17.6. The predicted molar refractivity (Wildman–Crippen MR) is 131 cm³/mol. The summed E-state index contributed by atoms with van der Waals surface area (Å²) in [5.74, 6) is 0.628. The number of aryl methyl sites for hydroxylation is 1. The smallest absolute Gasteiger partial charge is 0.328 e. The van der Waals surface area contributed by atoms with Gasteiger partial charge in [0, 0.05) is 43.5 Å². The fourth-order valence-electron chi connectivity index (χ4n) is 4.59. The maximum absolute atomic E-state index is 13.2. The summed E-state index contributed by atoms with van der Waals surface area (Å²) < 4.78 is 5.18. The molecule has 0 aromatic carbocycles. The van der Waals surface area contributed by atoms with Crippen LogP contribution in [0.25, 0.3) is 0 Å². The maximum atomic E-state index is 13.2. The van der Waals surface area contributed by atoms with Crippen LogP contribution in [0, 0.1) is 11.3 Å². The van der Waals surface area contributed by atoms with Crippen LogP contribution in [-0.4, -0.2) is 65.4 Å². The minimum absolute atomic E-state index is 0.0318. The van der Waals surface area contributed by atoms with Crippen LogP contribution in [0.2, 0.25) is 0 Å². The monoisotopic (exact) mass is 489 g/mol. The number of nitrogens with zero attached hydrogens (tertiary/aromatic N) is 5. The molecule has 11 nitrogen and oxygen atoms in total. The molecular formula is C25H27N7O4. The molecule has 11 heteroatoms. The number of carbonyl (C=O) groups excluding carboxylic acids is 3. The number of carbonyl (C=O) groups is 3. The van der Waals surface area contributed by atoms with E-state index in [1.165, 1.54) is 11.1 Å². The second-order valence-corrected chi connectivity index (χ2v) is 9.19. The fourth-order valence-corrected chi connectivity index (χ4v) is 4.59. The number of nitriles is 1. The first-order chi connectivity index (χ1) is 17.6.